The Kier molecular flexibility index (Phi) is 3.03. The molecule has 1 heteroatoms. The molecule has 0 bridgehead atoms. The lowest BCUT2D eigenvalue weighted by Gasteiger charge is -2.38. The predicted molar refractivity (Wildman–Crippen MR) is 59.3 cm³/mol. The van der Waals surface area contributed by atoms with Crippen molar-refractivity contribution in [3.8, 4) is 0 Å². The SMILES string of the molecule is CC1(C[Si](C)(C)C)CCCCC1. The van der Waals surface area contributed by atoms with Crippen LogP contribution in [0.2, 0.25) is 25.7 Å². The van der Waals surface area contributed by atoms with Crippen molar-refractivity contribution in [3.63, 3.8) is 0 Å². The van der Waals surface area contributed by atoms with E-state index < -0.39 is 8.07 Å². The summed E-state index contributed by atoms with van der Waals surface area (Å²) in [6, 6.07) is 1.54. The van der Waals surface area contributed by atoms with E-state index in [0.29, 0.717) is 0 Å². The molecule has 0 aromatic rings. The van der Waals surface area contributed by atoms with Gasteiger partial charge in [-0.05, 0) is 18.3 Å². The zero-order chi connectivity index (χ0) is 9.24. The van der Waals surface area contributed by atoms with Crippen LogP contribution < -0.4 is 0 Å². The number of hydrogen-bond acceptors (Lipinski definition) is 0. The van der Waals surface area contributed by atoms with Crippen molar-refractivity contribution in [3.05, 3.63) is 0 Å². The third-order valence-corrected chi connectivity index (χ3v) is 4.93. The van der Waals surface area contributed by atoms with Gasteiger partial charge in [-0.25, -0.2) is 0 Å². The minimum Gasteiger partial charge on any atom is -0.0695 e. The lowest BCUT2D eigenvalue weighted by atomic mass is 9.77. The Hall–Kier alpha value is 0.217. The molecular formula is C11H24Si. The second kappa shape index (κ2) is 3.53. The van der Waals surface area contributed by atoms with Crippen LogP contribution in [-0.4, -0.2) is 8.07 Å². The van der Waals surface area contributed by atoms with E-state index in [1.54, 1.807) is 6.04 Å². The maximum absolute atomic E-state index is 2.52. The smallest absolute Gasteiger partial charge is 0.0448 e. The predicted octanol–water partition coefficient (Wildman–Crippen LogP) is 4.30. The van der Waals surface area contributed by atoms with Gasteiger partial charge in [0.1, 0.15) is 0 Å². The third-order valence-electron chi connectivity index (χ3n) is 3.02. The molecule has 0 N–H and O–H groups in total. The van der Waals surface area contributed by atoms with Crippen LogP contribution >= 0.6 is 0 Å². The summed E-state index contributed by atoms with van der Waals surface area (Å²) in [7, 11) is -0.817. The molecule has 1 fully saturated rings. The Morgan fingerprint density at radius 1 is 1.00 bits per heavy atom. The van der Waals surface area contributed by atoms with E-state index >= 15 is 0 Å². The molecule has 1 saturated carbocycles. The largest absolute Gasteiger partial charge is 0.0695 e. The minimum absolute atomic E-state index is 0.725. The average molecular weight is 184 g/mol. The van der Waals surface area contributed by atoms with Crippen molar-refractivity contribution in [2.45, 2.75) is 64.7 Å². The minimum atomic E-state index is -0.817. The first kappa shape index (κ1) is 10.3. The van der Waals surface area contributed by atoms with E-state index in [-0.39, 0.29) is 0 Å². The van der Waals surface area contributed by atoms with Crippen LogP contribution in [-0.2, 0) is 0 Å². The van der Waals surface area contributed by atoms with E-state index in [1.807, 2.05) is 0 Å². The van der Waals surface area contributed by atoms with Crippen LogP contribution in [0, 0.1) is 5.41 Å². The van der Waals surface area contributed by atoms with Crippen molar-refractivity contribution in [2.75, 3.05) is 0 Å². The fraction of sp³-hybridized carbons (Fsp3) is 1.00. The molecule has 1 rings (SSSR count). The Bertz CT molecular complexity index is 138. The Morgan fingerprint density at radius 3 is 1.92 bits per heavy atom. The molecule has 0 aliphatic heterocycles. The van der Waals surface area contributed by atoms with Crippen molar-refractivity contribution >= 4 is 8.07 Å². The molecule has 1 aliphatic rings. The van der Waals surface area contributed by atoms with E-state index in [9.17, 15) is 0 Å². The van der Waals surface area contributed by atoms with Crippen molar-refractivity contribution in [2.24, 2.45) is 5.41 Å². The number of hydrogen-bond donors (Lipinski definition) is 0. The van der Waals surface area contributed by atoms with Gasteiger partial charge < -0.3 is 0 Å². The van der Waals surface area contributed by atoms with Crippen LogP contribution in [0.3, 0.4) is 0 Å². The highest BCUT2D eigenvalue weighted by atomic mass is 28.3. The van der Waals surface area contributed by atoms with Crippen LogP contribution in [0.5, 0.6) is 0 Å². The van der Waals surface area contributed by atoms with Crippen LogP contribution in [0.15, 0.2) is 0 Å². The molecule has 0 aromatic heterocycles. The van der Waals surface area contributed by atoms with Gasteiger partial charge >= 0.3 is 0 Å². The van der Waals surface area contributed by atoms with Gasteiger partial charge in [0.15, 0.2) is 0 Å². The quantitative estimate of drug-likeness (QED) is 0.561. The lowest BCUT2D eigenvalue weighted by molar-refractivity contribution is 0.242. The first-order valence-electron chi connectivity index (χ1n) is 5.41. The summed E-state index contributed by atoms with van der Waals surface area (Å²) in [5, 5.41) is 0. The summed E-state index contributed by atoms with van der Waals surface area (Å²) in [5.74, 6) is 0. The Labute approximate surface area is 78.8 Å². The number of rotatable bonds is 2. The second-order valence-electron chi connectivity index (χ2n) is 6.11. The van der Waals surface area contributed by atoms with Gasteiger partial charge in [-0.15, -0.1) is 0 Å². The molecule has 0 saturated heterocycles. The summed E-state index contributed by atoms with van der Waals surface area (Å²) in [4.78, 5) is 0. The zero-order valence-electron chi connectivity index (χ0n) is 9.24. The molecule has 0 unspecified atom stereocenters. The fourth-order valence-electron chi connectivity index (χ4n) is 2.86. The van der Waals surface area contributed by atoms with E-state index in [1.165, 1.54) is 32.1 Å². The summed E-state index contributed by atoms with van der Waals surface area (Å²) in [6.07, 6.45) is 7.46. The van der Waals surface area contributed by atoms with Gasteiger partial charge in [0.2, 0.25) is 0 Å². The van der Waals surface area contributed by atoms with E-state index in [4.69, 9.17) is 0 Å². The van der Waals surface area contributed by atoms with Crippen molar-refractivity contribution < 1.29 is 0 Å². The molecule has 0 amide bonds. The standard InChI is InChI=1S/C11H24Si/c1-11(10-12(2,3)4)8-6-5-7-9-11/h5-10H2,1-4H3. The first-order chi connectivity index (χ1) is 5.41. The van der Waals surface area contributed by atoms with Gasteiger partial charge in [-0.2, -0.15) is 0 Å². The van der Waals surface area contributed by atoms with Crippen LogP contribution in [0.1, 0.15) is 39.0 Å². The van der Waals surface area contributed by atoms with Crippen LogP contribution in [0.25, 0.3) is 0 Å². The first-order valence-corrected chi connectivity index (χ1v) is 9.12. The molecule has 0 aromatic carbocycles. The van der Waals surface area contributed by atoms with Gasteiger partial charge in [0.25, 0.3) is 0 Å². The maximum Gasteiger partial charge on any atom is 0.0448 e. The molecule has 0 heterocycles. The summed E-state index contributed by atoms with van der Waals surface area (Å²) < 4.78 is 0. The van der Waals surface area contributed by atoms with Crippen LogP contribution in [0.4, 0.5) is 0 Å². The highest BCUT2D eigenvalue weighted by Crippen LogP contribution is 2.42. The molecular weight excluding hydrogens is 160 g/mol. The zero-order valence-corrected chi connectivity index (χ0v) is 10.2. The van der Waals surface area contributed by atoms with Gasteiger partial charge in [-0.3, -0.25) is 0 Å². The molecule has 72 valence electrons. The molecule has 0 nitrogen and oxygen atoms in total. The molecule has 12 heavy (non-hydrogen) atoms. The fourth-order valence-corrected chi connectivity index (χ4v) is 5.78. The summed E-state index contributed by atoms with van der Waals surface area (Å²) in [5.41, 5.74) is 0.725. The highest BCUT2D eigenvalue weighted by Gasteiger charge is 2.31. The molecule has 0 spiro atoms. The lowest BCUT2D eigenvalue weighted by Crippen LogP contribution is -2.32. The van der Waals surface area contributed by atoms with Gasteiger partial charge in [-0.1, -0.05) is 51.9 Å². The third kappa shape index (κ3) is 3.30. The Morgan fingerprint density at radius 2 is 1.50 bits per heavy atom. The van der Waals surface area contributed by atoms with Crippen molar-refractivity contribution in [1.82, 2.24) is 0 Å². The molecule has 0 atom stereocenters. The van der Waals surface area contributed by atoms with Crippen molar-refractivity contribution in [1.29, 1.82) is 0 Å². The second-order valence-corrected chi connectivity index (χ2v) is 11.6. The van der Waals surface area contributed by atoms with Gasteiger partial charge in [0.05, 0.1) is 0 Å². The van der Waals surface area contributed by atoms with E-state index in [2.05, 4.69) is 26.6 Å². The molecule has 1 aliphatic carbocycles. The van der Waals surface area contributed by atoms with E-state index in [0.717, 1.165) is 5.41 Å². The highest BCUT2D eigenvalue weighted by molar-refractivity contribution is 6.76. The normalized spacial score (nSPS) is 24.0. The summed E-state index contributed by atoms with van der Waals surface area (Å²) in [6.45, 7) is 10.0. The topological polar surface area (TPSA) is 0 Å². The average Bonchev–Trinajstić information content (AvgIpc) is 1.83. The summed E-state index contributed by atoms with van der Waals surface area (Å²) >= 11 is 0. The maximum atomic E-state index is 2.52. The Balaban J connectivity index is 2.47. The van der Waals surface area contributed by atoms with Gasteiger partial charge in [0, 0.05) is 8.07 Å². The monoisotopic (exact) mass is 184 g/mol. The molecule has 0 radical (unpaired) electrons.